The van der Waals surface area contributed by atoms with Gasteiger partial charge in [0.1, 0.15) is 12.6 Å². The summed E-state index contributed by atoms with van der Waals surface area (Å²) < 4.78 is 12.6. The highest BCUT2D eigenvalue weighted by atomic mass is 79.9. The first-order valence-electron chi connectivity index (χ1n) is 9.89. The predicted octanol–water partition coefficient (Wildman–Crippen LogP) is 5.32. The van der Waals surface area contributed by atoms with Gasteiger partial charge in [0.05, 0.1) is 6.61 Å². The molecular formula is C23H30BrNO4. The number of halogens is 1. The molecule has 0 radical (unpaired) electrons. The number of aliphatic carboxylic acids is 1. The first kappa shape index (κ1) is 23.2. The van der Waals surface area contributed by atoms with Crippen molar-refractivity contribution in [2.45, 2.75) is 53.3 Å². The molecule has 2 aromatic carbocycles. The van der Waals surface area contributed by atoms with Crippen molar-refractivity contribution in [3.63, 3.8) is 0 Å². The van der Waals surface area contributed by atoms with Gasteiger partial charge in [-0.25, -0.2) is 0 Å². The molecule has 0 aliphatic heterocycles. The molecule has 2 aromatic rings. The van der Waals surface area contributed by atoms with Crippen LogP contribution in [0.5, 0.6) is 11.5 Å². The molecule has 0 amide bonds. The second kappa shape index (κ2) is 11.2. The van der Waals surface area contributed by atoms with E-state index >= 15 is 0 Å². The molecule has 0 fully saturated rings. The molecule has 2 N–H and O–H groups in total. The molecule has 158 valence electrons. The zero-order valence-corrected chi connectivity index (χ0v) is 19.1. The summed E-state index contributed by atoms with van der Waals surface area (Å²) in [4.78, 5) is 11.5. The van der Waals surface area contributed by atoms with Crippen molar-refractivity contribution in [1.82, 2.24) is 5.32 Å². The van der Waals surface area contributed by atoms with Crippen molar-refractivity contribution in [2.75, 3.05) is 6.61 Å². The zero-order chi connectivity index (χ0) is 21.4. The van der Waals surface area contributed by atoms with Crippen LogP contribution in [0.1, 0.15) is 43.9 Å². The fraction of sp³-hybridized carbons (Fsp3) is 0.435. The zero-order valence-electron chi connectivity index (χ0n) is 17.5. The molecule has 2 rings (SSSR count). The summed E-state index contributed by atoms with van der Waals surface area (Å²) in [5.74, 6) is 0.761. The van der Waals surface area contributed by atoms with Crippen LogP contribution in [-0.4, -0.2) is 23.7 Å². The van der Waals surface area contributed by atoms with Crippen molar-refractivity contribution in [2.24, 2.45) is 5.92 Å². The van der Waals surface area contributed by atoms with Gasteiger partial charge in [0.25, 0.3) is 0 Å². The van der Waals surface area contributed by atoms with Gasteiger partial charge in [-0.1, -0.05) is 59.6 Å². The van der Waals surface area contributed by atoms with E-state index in [0.29, 0.717) is 43.6 Å². The van der Waals surface area contributed by atoms with Crippen LogP contribution in [0, 0.1) is 12.8 Å². The lowest BCUT2D eigenvalue weighted by atomic mass is 10.0. The monoisotopic (exact) mass is 463 g/mol. The maximum Gasteiger partial charge on any atom is 0.320 e. The minimum atomic E-state index is -0.835. The van der Waals surface area contributed by atoms with E-state index in [1.165, 1.54) is 5.56 Å². The fourth-order valence-electron chi connectivity index (χ4n) is 2.92. The molecule has 5 nitrogen and oxygen atoms in total. The Morgan fingerprint density at radius 2 is 1.79 bits per heavy atom. The van der Waals surface area contributed by atoms with Gasteiger partial charge in [0.2, 0.25) is 0 Å². The highest BCUT2D eigenvalue weighted by Gasteiger charge is 2.19. The van der Waals surface area contributed by atoms with E-state index in [4.69, 9.17) is 9.47 Å². The Bertz CT molecular complexity index is 805. The fourth-order valence-corrected chi connectivity index (χ4v) is 3.38. The smallest absolute Gasteiger partial charge is 0.320 e. The number of carbonyl (C=O) groups is 1. The van der Waals surface area contributed by atoms with E-state index in [9.17, 15) is 9.90 Å². The third-order valence-electron chi connectivity index (χ3n) is 4.47. The normalized spacial score (nSPS) is 12.1. The summed E-state index contributed by atoms with van der Waals surface area (Å²) in [5, 5.41) is 12.6. The maximum absolute atomic E-state index is 11.5. The third kappa shape index (κ3) is 7.37. The minimum Gasteiger partial charge on any atom is -0.490 e. The van der Waals surface area contributed by atoms with Crippen LogP contribution in [0.3, 0.4) is 0 Å². The molecule has 0 aliphatic rings. The number of hydrogen-bond donors (Lipinski definition) is 2. The molecule has 0 spiro atoms. The molecule has 1 atom stereocenters. The SMILES string of the molecule is CCOc1cc(CNC(CC(C)C)C(=O)O)c(Br)cc1OCc1ccc(C)cc1. The van der Waals surface area contributed by atoms with E-state index < -0.39 is 12.0 Å². The molecule has 0 aromatic heterocycles. The molecular weight excluding hydrogens is 434 g/mol. The molecule has 6 heteroatoms. The third-order valence-corrected chi connectivity index (χ3v) is 5.21. The summed E-state index contributed by atoms with van der Waals surface area (Å²) in [6.07, 6.45) is 0.572. The van der Waals surface area contributed by atoms with Crippen LogP contribution in [0.25, 0.3) is 0 Å². The number of carboxylic acid groups (broad SMARTS) is 1. The largest absolute Gasteiger partial charge is 0.490 e. The van der Waals surface area contributed by atoms with E-state index in [-0.39, 0.29) is 0 Å². The van der Waals surface area contributed by atoms with Crippen LogP contribution in [0.15, 0.2) is 40.9 Å². The second-order valence-electron chi connectivity index (χ2n) is 7.50. The minimum absolute atomic E-state index is 0.295. The number of nitrogens with one attached hydrogen (secondary N) is 1. The first-order valence-corrected chi connectivity index (χ1v) is 10.7. The topological polar surface area (TPSA) is 67.8 Å². The van der Waals surface area contributed by atoms with Crippen molar-refractivity contribution >= 4 is 21.9 Å². The van der Waals surface area contributed by atoms with Crippen LogP contribution in [0.2, 0.25) is 0 Å². The van der Waals surface area contributed by atoms with Gasteiger partial charge in [-0.2, -0.15) is 0 Å². The Hall–Kier alpha value is -2.05. The van der Waals surface area contributed by atoms with E-state index in [2.05, 4.69) is 40.3 Å². The van der Waals surface area contributed by atoms with Crippen LogP contribution >= 0.6 is 15.9 Å². The Morgan fingerprint density at radius 3 is 2.38 bits per heavy atom. The maximum atomic E-state index is 11.5. The lowest BCUT2D eigenvalue weighted by molar-refractivity contribution is -0.140. The molecule has 0 saturated carbocycles. The van der Waals surface area contributed by atoms with Gasteiger partial charge in [-0.15, -0.1) is 0 Å². The summed E-state index contributed by atoms with van der Waals surface area (Å²) in [5.41, 5.74) is 3.21. The average molecular weight is 464 g/mol. The Labute approximate surface area is 181 Å². The number of benzene rings is 2. The Balaban J connectivity index is 2.13. The summed E-state index contributed by atoms with van der Waals surface area (Å²) >= 11 is 3.58. The standard InChI is InChI=1S/C23H30BrNO4/c1-5-28-21-11-18(13-25-20(23(26)27)10-15(2)3)19(24)12-22(21)29-14-17-8-6-16(4)7-9-17/h6-9,11-12,15,20,25H,5,10,13-14H2,1-4H3,(H,26,27). The van der Waals surface area contributed by atoms with Gasteiger partial charge in [0.15, 0.2) is 11.5 Å². The lowest BCUT2D eigenvalue weighted by Gasteiger charge is -2.19. The number of ether oxygens (including phenoxy) is 2. The van der Waals surface area contributed by atoms with Crippen LogP contribution in [-0.2, 0) is 17.9 Å². The highest BCUT2D eigenvalue weighted by Crippen LogP contribution is 2.34. The van der Waals surface area contributed by atoms with Crippen molar-refractivity contribution in [1.29, 1.82) is 0 Å². The van der Waals surface area contributed by atoms with Crippen molar-refractivity contribution in [3.8, 4) is 11.5 Å². The molecule has 0 aliphatic carbocycles. The predicted molar refractivity (Wildman–Crippen MR) is 119 cm³/mol. The van der Waals surface area contributed by atoms with Crippen LogP contribution in [0.4, 0.5) is 0 Å². The van der Waals surface area contributed by atoms with Crippen molar-refractivity contribution < 1.29 is 19.4 Å². The Morgan fingerprint density at radius 1 is 1.14 bits per heavy atom. The molecule has 0 bridgehead atoms. The lowest BCUT2D eigenvalue weighted by Crippen LogP contribution is -2.37. The van der Waals surface area contributed by atoms with Crippen molar-refractivity contribution in [3.05, 3.63) is 57.6 Å². The second-order valence-corrected chi connectivity index (χ2v) is 8.35. The average Bonchev–Trinajstić information content (AvgIpc) is 2.66. The molecule has 1 unspecified atom stereocenters. The molecule has 29 heavy (non-hydrogen) atoms. The first-order chi connectivity index (χ1) is 13.8. The van der Waals surface area contributed by atoms with Gasteiger partial charge in [0, 0.05) is 11.0 Å². The molecule has 0 heterocycles. The molecule has 0 saturated heterocycles. The van der Waals surface area contributed by atoms with E-state index in [1.807, 2.05) is 45.0 Å². The van der Waals surface area contributed by atoms with Gasteiger partial charge in [-0.05, 0) is 49.4 Å². The van der Waals surface area contributed by atoms with Gasteiger partial charge >= 0.3 is 5.97 Å². The van der Waals surface area contributed by atoms with Gasteiger partial charge < -0.3 is 19.9 Å². The summed E-state index contributed by atoms with van der Waals surface area (Å²) in [6.45, 7) is 9.38. The van der Waals surface area contributed by atoms with E-state index in [0.717, 1.165) is 15.6 Å². The quantitative estimate of drug-likeness (QED) is 0.471. The summed E-state index contributed by atoms with van der Waals surface area (Å²) in [7, 11) is 0. The van der Waals surface area contributed by atoms with E-state index in [1.54, 1.807) is 0 Å². The number of aryl methyl sites for hydroxylation is 1. The van der Waals surface area contributed by atoms with Crippen LogP contribution < -0.4 is 14.8 Å². The Kier molecular flexibility index (Phi) is 8.99. The number of rotatable bonds is 11. The number of carboxylic acids is 1. The summed E-state index contributed by atoms with van der Waals surface area (Å²) in [6, 6.07) is 11.4. The highest BCUT2D eigenvalue weighted by molar-refractivity contribution is 9.10. The number of hydrogen-bond acceptors (Lipinski definition) is 4. The van der Waals surface area contributed by atoms with Gasteiger partial charge in [-0.3, -0.25) is 4.79 Å².